The van der Waals surface area contributed by atoms with E-state index in [1.54, 1.807) is 24.3 Å². The first-order chi connectivity index (χ1) is 12.2. The summed E-state index contributed by atoms with van der Waals surface area (Å²) in [7, 11) is 0. The monoisotopic (exact) mass is 337 g/mol. The number of aromatic nitrogens is 2. The fourth-order valence-electron chi connectivity index (χ4n) is 2.26. The fourth-order valence-corrected chi connectivity index (χ4v) is 2.26. The van der Waals surface area contributed by atoms with Gasteiger partial charge >= 0.3 is 0 Å². The second kappa shape index (κ2) is 7.53. The Hall–Kier alpha value is -3.28. The summed E-state index contributed by atoms with van der Waals surface area (Å²) < 4.78 is 18.2. The maximum Gasteiger partial charge on any atom is 0.255 e. The molecule has 3 aromatic rings. The summed E-state index contributed by atoms with van der Waals surface area (Å²) in [6.45, 7) is 2.40. The van der Waals surface area contributed by atoms with Crippen molar-refractivity contribution in [3.8, 4) is 17.1 Å². The maximum absolute atomic E-state index is 12.9. The number of halogens is 1. The summed E-state index contributed by atoms with van der Waals surface area (Å²) >= 11 is 0. The minimum absolute atomic E-state index is 0.310. The summed E-state index contributed by atoms with van der Waals surface area (Å²) in [5, 5.41) is 10.9. The average Bonchev–Trinajstić information content (AvgIpc) is 2.63. The number of nitrogens with one attached hydrogen (secondary N) is 1. The van der Waals surface area contributed by atoms with Crippen LogP contribution in [0.4, 0.5) is 10.1 Å². The topological polar surface area (TPSA) is 64.1 Å². The molecule has 1 N–H and O–H groups in total. The Morgan fingerprint density at radius 1 is 1.08 bits per heavy atom. The highest BCUT2D eigenvalue weighted by Crippen LogP contribution is 2.22. The van der Waals surface area contributed by atoms with Crippen LogP contribution in [0.3, 0.4) is 0 Å². The molecule has 0 aliphatic heterocycles. The van der Waals surface area contributed by atoms with E-state index in [1.807, 2.05) is 19.1 Å². The van der Waals surface area contributed by atoms with Crippen molar-refractivity contribution in [1.29, 1.82) is 0 Å². The highest BCUT2D eigenvalue weighted by atomic mass is 19.1. The van der Waals surface area contributed by atoms with E-state index >= 15 is 0 Å². The zero-order valence-corrected chi connectivity index (χ0v) is 13.6. The predicted octanol–water partition coefficient (Wildman–Crippen LogP) is 3.93. The van der Waals surface area contributed by atoms with Gasteiger partial charge in [0.25, 0.3) is 5.91 Å². The largest absolute Gasteiger partial charge is 0.477 e. The van der Waals surface area contributed by atoms with Crippen molar-refractivity contribution in [3.63, 3.8) is 0 Å². The molecule has 0 fully saturated rings. The Kier molecular flexibility index (Phi) is 4.99. The van der Waals surface area contributed by atoms with Crippen molar-refractivity contribution < 1.29 is 13.9 Å². The van der Waals surface area contributed by atoms with E-state index in [9.17, 15) is 9.18 Å². The molecule has 0 saturated heterocycles. The molecule has 25 heavy (non-hydrogen) atoms. The number of nitrogens with zero attached hydrogens (tertiary/aromatic N) is 2. The normalized spacial score (nSPS) is 10.3. The molecule has 0 bridgehead atoms. The van der Waals surface area contributed by atoms with Gasteiger partial charge in [-0.3, -0.25) is 4.79 Å². The minimum Gasteiger partial charge on any atom is -0.477 e. The van der Waals surface area contributed by atoms with Crippen molar-refractivity contribution in [1.82, 2.24) is 10.2 Å². The molecule has 0 saturated carbocycles. The van der Waals surface area contributed by atoms with E-state index in [1.165, 1.54) is 24.3 Å². The molecule has 126 valence electrons. The quantitative estimate of drug-likeness (QED) is 0.766. The Morgan fingerprint density at radius 2 is 1.88 bits per heavy atom. The third-order valence-corrected chi connectivity index (χ3v) is 3.45. The van der Waals surface area contributed by atoms with Crippen LogP contribution in [0.15, 0.2) is 60.7 Å². The number of amides is 1. The van der Waals surface area contributed by atoms with Crippen molar-refractivity contribution in [2.24, 2.45) is 0 Å². The lowest BCUT2D eigenvalue weighted by molar-refractivity contribution is 0.102. The van der Waals surface area contributed by atoms with Crippen molar-refractivity contribution in [3.05, 3.63) is 72.0 Å². The van der Waals surface area contributed by atoms with Crippen LogP contribution in [0, 0.1) is 5.82 Å². The average molecular weight is 337 g/mol. The molecule has 0 unspecified atom stereocenters. The number of benzene rings is 2. The number of hydrogen-bond acceptors (Lipinski definition) is 4. The summed E-state index contributed by atoms with van der Waals surface area (Å²) in [4.78, 5) is 12.2. The lowest BCUT2D eigenvalue weighted by Crippen LogP contribution is -2.11. The highest BCUT2D eigenvalue weighted by Gasteiger charge is 2.08. The molecule has 0 spiro atoms. The number of carbonyl (C=O) groups excluding carboxylic acids is 1. The molecule has 1 amide bonds. The first-order valence-corrected chi connectivity index (χ1v) is 7.79. The lowest BCUT2D eigenvalue weighted by Gasteiger charge is -2.08. The van der Waals surface area contributed by atoms with Gasteiger partial charge in [0.05, 0.1) is 12.3 Å². The van der Waals surface area contributed by atoms with E-state index in [0.29, 0.717) is 29.4 Å². The van der Waals surface area contributed by atoms with Crippen LogP contribution in [0.2, 0.25) is 0 Å². The highest BCUT2D eigenvalue weighted by molar-refractivity contribution is 6.04. The fraction of sp³-hybridized carbons (Fsp3) is 0.105. The van der Waals surface area contributed by atoms with Gasteiger partial charge in [-0.2, -0.15) is 0 Å². The zero-order valence-electron chi connectivity index (χ0n) is 13.6. The Labute approximate surface area is 144 Å². The molecule has 1 aromatic heterocycles. The molecular weight excluding hydrogens is 321 g/mol. The first kappa shape index (κ1) is 16.6. The lowest BCUT2D eigenvalue weighted by atomic mass is 10.1. The predicted molar refractivity (Wildman–Crippen MR) is 93.0 cm³/mol. The molecule has 0 radical (unpaired) electrons. The van der Waals surface area contributed by atoms with Gasteiger partial charge in [0.15, 0.2) is 0 Å². The number of rotatable bonds is 5. The third kappa shape index (κ3) is 4.17. The summed E-state index contributed by atoms with van der Waals surface area (Å²) in [5.74, 6) is -0.227. The summed E-state index contributed by atoms with van der Waals surface area (Å²) in [6.07, 6.45) is 0. The standard InChI is InChI=1S/C19H16FN3O2/c1-2-25-18-11-10-17(22-23-18)14-4-3-5-16(12-14)21-19(24)13-6-8-15(20)9-7-13/h3-12H,2H2,1H3,(H,21,24). The van der Waals surface area contributed by atoms with E-state index < -0.39 is 0 Å². The van der Waals surface area contributed by atoms with Crippen LogP contribution in [-0.2, 0) is 0 Å². The van der Waals surface area contributed by atoms with Crippen molar-refractivity contribution >= 4 is 11.6 Å². The van der Waals surface area contributed by atoms with Crippen LogP contribution < -0.4 is 10.1 Å². The Balaban J connectivity index is 1.77. The SMILES string of the molecule is CCOc1ccc(-c2cccc(NC(=O)c3ccc(F)cc3)c2)nn1. The van der Waals surface area contributed by atoms with Crippen LogP contribution in [0.5, 0.6) is 5.88 Å². The van der Waals surface area contributed by atoms with Gasteiger partial charge in [0.2, 0.25) is 5.88 Å². The minimum atomic E-state index is -0.382. The third-order valence-electron chi connectivity index (χ3n) is 3.45. The van der Waals surface area contributed by atoms with Crippen LogP contribution in [0.25, 0.3) is 11.3 Å². The molecule has 0 atom stereocenters. The van der Waals surface area contributed by atoms with E-state index in [0.717, 1.165) is 5.56 Å². The van der Waals surface area contributed by atoms with E-state index in [-0.39, 0.29) is 11.7 Å². The zero-order chi connectivity index (χ0) is 17.6. The molecule has 1 heterocycles. The smallest absolute Gasteiger partial charge is 0.255 e. The molecule has 3 rings (SSSR count). The maximum atomic E-state index is 12.9. The van der Waals surface area contributed by atoms with E-state index in [2.05, 4.69) is 15.5 Å². The van der Waals surface area contributed by atoms with Gasteiger partial charge in [0.1, 0.15) is 5.82 Å². The number of hydrogen-bond donors (Lipinski definition) is 1. The summed E-state index contributed by atoms with van der Waals surface area (Å²) in [5.41, 5.74) is 2.48. The van der Waals surface area contributed by atoms with Crippen LogP contribution >= 0.6 is 0 Å². The van der Waals surface area contributed by atoms with Gasteiger partial charge in [-0.25, -0.2) is 4.39 Å². The molecule has 6 heteroatoms. The second-order valence-electron chi connectivity index (χ2n) is 5.23. The number of anilines is 1. The first-order valence-electron chi connectivity index (χ1n) is 7.79. The molecule has 2 aromatic carbocycles. The van der Waals surface area contributed by atoms with Crippen LogP contribution in [-0.4, -0.2) is 22.7 Å². The molecule has 5 nitrogen and oxygen atoms in total. The van der Waals surface area contributed by atoms with Gasteiger partial charge < -0.3 is 10.1 Å². The Morgan fingerprint density at radius 3 is 2.56 bits per heavy atom. The second-order valence-corrected chi connectivity index (χ2v) is 5.23. The molecular formula is C19H16FN3O2. The van der Waals surface area contributed by atoms with Crippen molar-refractivity contribution in [2.75, 3.05) is 11.9 Å². The van der Waals surface area contributed by atoms with Gasteiger partial charge in [-0.05, 0) is 49.4 Å². The van der Waals surface area contributed by atoms with Gasteiger partial charge in [-0.1, -0.05) is 12.1 Å². The molecule has 0 aliphatic rings. The van der Waals surface area contributed by atoms with Gasteiger partial charge in [0, 0.05) is 22.9 Å². The molecule has 0 aliphatic carbocycles. The van der Waals surface area contributed by atoms with Crippen molar-refractivity contribution in [2.45, 2.75) is 6.92 Å². The number of ether oxygens (including phenoxy) is 1. The number of carbonyl (C=O) groups is 1. The van der Waals surface area contributed by atoms with Gasteiger partial charge in [-0.15, -0.1) is 10.2 Å². The van der Waals surface area contributed by atoms with Crippen LogP contribution in [0.1, 0.15) is 17.3 Å². The Bertz CT molecular complexity index is 865. The van der Waals surface area contributed by atoms with E-state index in [4.69, 9.17) is 4.74 Å². The summed E-state index contributed by atoms with van der Waals surface area (Å²) in [6, 6.07) is 16.2.